The third-order valence-electron chi connectivity index (χ3n) is 23.2. The number of aryl methyl sites for hydroxylation is 2. The van der Waals surface area contributed by atoms with E-state index in [0.29, 0.717) is 63.5 Å². The molecule has 0 spiro atoms. The number of aromatic hydroxyl groups is 1. The average molecular weight is 1820 g/mol. The van der Waals surface area contributed by atoms with Crippen LogP contribution in [0, 0.1) is 11.8 Å². The van der Waals surface area contributed by atoms with Crippen molar-refractivity contribution in [3.63, 3.8) is 0 Å². The van der Waals surface area contributed by atoms with E-state index < -0.39 is 176 Å². The molecule has 0 saturated heterocycles. The maximum absolute atomic E-state index is 15.0. The Morgan fingerprint density at radius 3 is 1.12 bits per heavy atom. The van der Waals surface area contributed by atoms with Crippen LogP contribution in [0.25, 0.3) is 44.1 Å². The number of nitrogens with one attached hydrogen (secondary N) is 6. The lowest BCUT2D eigenvalue weighted by molar-refractivity contribution is 0.0694. The molecule has 0 bridgehead atoms. The summed E-state index contributed by atoms with van der Waals surface area (Å²) in [5.74, 6) is -7.36. The Morgan fingerprint density at radius 1 is 0.388 bits per heavy atom. The number of aromatic carboxylic acids is 2. The van der Waals surface area contributed by atoms with Gasteiger partial charge in [0.05, 0.1) is 78.5 Å². The number of carboxylic acid groups (broad SMARTS) is 2. The number of carbonyl (C=O) groups is 6. The fraction of sp³-hybridized carbons (Fsp3) is 0.172. The van der Waals surface area contributed by atoms with Crippen LogP contribution >= 0.6 is 0 Å². The topological polar surface area (TPSA) is 583 Å². The van der Waals surface area contributed by atoms with Crippen LogP contribution in [0.15, 0.2) is 205 Å². The highest BCUT2D eigenvalue weighted by Crippen LogP contribution is 2.49. The molecule has 0 aliphatic heterocycles. The number of hydrogen-bond acceptors (Lipinski definition) is 30. The minimum Gasteiger partial charge on any atom is -0.479 e. The summed E-state index contributed by atoms with van der Waals surface area (Å²) in [6, 6.07) is 36.8. The molecular weight excluding hydrogens is 1750 g/mol. The molecule has 4 aromatic heterocycles. The van der Waals surface area contributed by atoms with Crippen LogP contribution < -0.4 is 47.8 Å². The van der Waals surface area contributed by atoms with Gasteiger partial charge in [0.2, 0.25) is 23.8 Å². The summed E-state index contributed by atoms with van der Waals surface area (Å²) in [5.41, 5.74) is -4.87. The van der Waals surface area contributed by atoms with Crippen LogP contribution in [-0.2, 0) is 54.6 Å². The number of ketones is 4. The number of hydrogen-bond donors (Lipinski definition) is 13. The first-order valence-corrected chi connectivity index (χ1v) is 45.3. The number of carbonyl (C=O) groups excluding carboxylic acids is 4. The number of pyridine rings is 2. The van der Waals surface area contributed by atoms with Gasteiger partial charge in [-0.25, -0.2) is 9.59 Å². The molecule has 0 amide bonds. The molecule has 0 unspecified atom stereocenters. The van der Waals surface area contributed by atoms with Gasteiger partial charge in [0.15, 0.2) is 23.1 Å². The Hall–Kier alpha value is -14.9. The summed E-state index contributed by atoms with van der Waals surface area (Å²) in [6.07, 6.45) is 5.61. The van der Waals surface area contributed by atoms with Crippen LogP contribution in [0.5, 0.6) is 17.8 Å². The third kappa shape index (κ3) is 16.7. The quantitative estimate of drug-likeness (QED) is 0.0177. The summed E-state index contributed by atoms with van der Waals surface area (Å²) in [4.78, 5) is 133. The second kappa shape index (κ2) is 33.1. The molecule has 17 rings (SSSR count). The molecule has 0 radical (unpaired) electrons. The van der Waals surface area contributed by atoms with E-state index in [2.05, 4.69) is 61.8 Å². The van der Waals surface area contributed by atoms with E-state index in [1.807, 2.05) is 0 Å². The predicted molar refractivity (Wildman–Crippen MR) is 466 cm³/mol. The normalized spacial score (nSPS) is 16.0. The van der Waals surface area contributed by atoms with Crippen molar-refractivity contribution in [2.24, 2.45) is 25.9 Å². The Labute approximate surface area is 730 Å². The van der Waals surface area contributed by atoms with Crippen LogP contribution in [0.2, 0.25) is 0 Å². The fourth-order valence-corrected chi connectivity index (χ4v) is 20.0. The molecule has 9 aromatic carbocycles. The molecule has 0 atom stereocenters. The highest BCUT2D eigenvalue weighted by Gasteiger charge is 2.40. The van der Waals surface area contributed by atoms with Crippen LogP contribution in [0.4, 0.5) is 57.9 Å². The van der Waals surface area contributed by atoms with Crippen molar-refractivity contribution in [2.45, 2.75) is 89.5 Å². The fourth-order valence-electron chi connectivity index (χ4n) is 17.3. The van der Waals surface area contributed by atoms with Crippen molar-refractivity contribution < 1.29 is 101 Å². The van der Waals surface area contributed by atoms with Gasteiger partial charge in [-0.2, -0.15) is 63.6 Å². The monoisotopic (exact) mass is 1820 g/mol. The minimum atomic E-state index is -5.54. The van der Waals surface area contributed by atoms with Crippen molar-refractivity contribution in [2.75, 3.05) is 31.9 Å². The molecule has 4 heterocycles. The Morgan fingerprint density at radius 2 is 0.736 bits per heavy atom. The third-order valence-corrected chi connectivity index (χ3v) is 26.7. The number of carboxylic acids is 2. The van der Waals surface area contributed by atoms with Gasteiger partial charge < -0.3 is 61.1 Å². The first-order valence-electron chi connectivity index (χ1n) is 39.6. The van der Waals surface area contributed by atoms with Gasteiger partial charge in [-0.3, -0.25) is 47.0 Å². The van der Waals surface area contributed by atoms with Gasteiger partial charge in [0, 0.05) is 70.3 Å². The largest absolute Gasteiger partial charge is 0.479 e. The van der Waals surface area contributed by atoms with E-state index in [1.54, 1.807) is 72.8 Å². The Bertz CT molecular complexity index is 7650. The van der Waals surface area contributed by atoms with Gasteiger partial charge in [-0.15, -0.1) is 0 Å². The van der Waals surface area contributed by atoms with E-state index >= 15 is 0 Å². The van der Waals surface area contributed by atoms with E-state index in [-0.39, 0.29) is 130 Å². The molecule has 4 aliphatic carbocycles. The zero-order valence-corrected chi connectivity index (χ0v) is 70.5. The SMILES string of the molecule is Cn1c(=O)c(C(=O)c2ccccc2)c2c3c(c(Nc4cc(Nc5nc(O)nc(NC6CCC(CC7CCC(Nc8nc(Nc9cc(Nc%10ccc%11c%12c%10C(=O)c%10ccccc%10-c%12c(C(=O)c%10ccccc%10)c(=O)n%11C)c(S(=O)(=O)O)cc9S(=O)(=O)O)nc(Oc9cc(C(=O)O)cc(C(=O)O)c9)n8)CC7)CC6)n5)c(S(=O)(=O)O)cc4S(=O)(=O)O)ccc31)C(=O)c1ccccc1-2. The van der Waals surface area contributed by atoms with Crippen LogP contribution in [0.3, 0.4) is 0 Å². The molecule has 38 nitrogen and oxygen atoms in total. The van der Waals surface area contributed by atoms with Crippen molar-refractivity contribution in [1.29, 1.82) is 0 Å². The van der Waals surface area contributed by atoms with Crippen LogP contribution in [-0.4, -0.2) is 153 Å². The Kier molecular flexibility index (Phi) is 22.1. The smallest absolute Gasteiger partial charge is 0.335 e. The van der Waals surface area contributed by atoms with Gasteiger partial charge >= 0.3 is 24.0 Å². The van der Waals surface area contributed by atoms with Gasteiger partial charge in [0.25, 0.3) is 51.6 Å². The second-order valence-electron chi connectivity index (χ2n) is 31.2. The molecular formula is C87H70N14O24S4. The number of rotatable bonds is 26. The van der Waals surface area contributed by atoms with Gasteiger partial charge in [0.1, 0.15) is 25.3 Å². The zero-order chi connectivity index (χ0) is 91.4. The van der Waals surface area contributed by atoms with Gasteiger partial charge in [-0.1, -0.05) is 109 Å². The molecule has 42 heteroatoms. The number of anilines is 10. The highest BCUT2D eigenvalue weighted by atomic mass is 32.2. The summed E-state index contributed by atoms with van der Waals surface area (Å²) in [6.45, 7) is 0. The molecule has 656 valence electrons. The number of nitrogens with zero attached hydrogens (tertiary/aromatic N) is 8. The van der Waals surface area contributed by atoms with Crippen molar-refractivity contribution in [1.82, 2.24) is 39.0 Å². The summed E-state index contributed by atoms with van der Waals surface area (Å²) < 4.78 is 158. The van der Waals surface area contributed by atoms with E-state index in [0.717, 1.165) is 36.8 Å². The first-order chi connectivity index (χ1) is 61.3. The van der Waals surface area contributed by atoms with Crippen molar-refractivity contribution in [3.8, 4) is 40.0 Å². The number of benzene rings is 9. The molecule has 4 aliphatic rings. The lowest BCUT2D eigenvalue weighted by Gasteiger charge is -2.34. The highest BCUT2D eigenvalue weighted by molar-refractivity contribution is 7.87. The predicted octanol–water partition coefficient (Wildman–Crippen LogP) is 12.5. The van der Waals surface area contributed by atoms with Crippen molar-refractivity contribution >= 4 is 155 Å². The standard InChI is InChI=1S/C87H70N14O24S4/c1-100-60-31-29-54(68-70(60)66(50-17-9-11-19-52(50)76(68)104)72(78(100)106)74(102)43-13-5-3-6-14-43)90-56-37-58(64(128(119,120)121)39-62(56)126(113,114)115)92-84-94-82(96-86(112)97-84)88-47-25-21-41(22-26-47)33-42-23-27-48(28-24-42)89-83-95-85(99-87(98-83)125-49-35-45(80(108)109)34-46(36-49)81(110)111)93-59-38-57(63(127(116,117)118)40-65(59)129(122,123)124)91-55-30-32-61-71-67(51-18-10-12-20-53(51)77(105)69(55)71)73(79(107)101(61)2)75(103)44-15-7-4-8-16-44/h3-20,29-32,34-42,47-48,90-91H,21-28,33H2,1-2H3,(H,108,109)(H,110,111)(H,113,114,115)(H,116,117,118)(H,119,120,121)(H,122,123,124)(H2,89,93,95,98,99)(H3,88,92,94,96,97,112). The zero-order valence-electron chi connectivity index (χ0n) is 67.2. The number of aromatic nitrogens is 8. The average Bonchev–Trinajstić information content (AvgIpc) is 0.708. The lowest BCUT2D eigenvalue weighted by atomic mass is 9.75. The molecule has 129 heavy (non-hydrogen) atoms. The van der Waals surface area contributed by atoms with Gasteiger partial charge in [-0.05, 0) is 147 Å². The minimum absolute atomic E-state index is 0.0280. The summed E-state index contributed by atoms with van der Waals surface area (Å²) in [5, 5.41) is 48.4. The number of ether oxygens (including phenoxy) is 1. The maximum atomic E-state index is 15.0. The maximum Gasteiger partial charge on any atom is 0.335 e. The lowest BCUT2D eigenvalue weighted by Crippen LogP contribution is -2.30. The molecule has 13 aromatic rings. The second-order valence-corrected chi connectivity index (χ2v) is 36.7. The van der Waals surface area contributed by atoms with Crippen LogP contribution in [0.1, 0.15) is 142 Å². The van der Waals surface area contributed by atoms with E-state index in [4.69, 9.17) is 4.74 Å². The molecule has 2 fully saturated rings. The summed E-state index contributed by atoms with van der Waals surface area (Å²) >= 11 is 0. The first kappa shape index (κ1) is 86.2. The number of fused-ring (bicyclic) bond motifs is 4. The Balaban J connectivity index is 0.608. The van der Waals surface area contributed by atoms with E-state index in [9.17, 15) is 106 Å². The van der Waals surface area contributed by atoms with E-state index in [1.165, 1.54) is 83.9 Å². The molecule has 2 saturated carbocycles. The van der Waals surface area contributed by atoms with Crippen molar-refractivity contribution in [3.05, 3.63) is 252 Å². The summed E-state index contributed by atoms with van der Waals surface area (Å²) in [7, 11) is -19.1. The molecule has 13 N–H and O–H groups in total.